The molecule has 0 aromatic heterocycles. The maximum absolute atomic E-state index is 1.64. The average Bonchev–Trinajstić information content (AvgIpc) is 2.87. The third kappa shape index (κ3) is 0.400. The Morgan fingerprint density at radius 1 is 0.727 bits per heavy atom. The van der Waals surface area contributed by atoms with Crippen molar-refractivity contribution >= 4 is 0 Å². The molecule has 0 aromatic carbocycles. The molecule has 60 valence electrons. The minimum Gasteiger partial charge on any atom is -0.0496 e. The summed E-state index contributed by atoms with van der Waals surface area (Å²) in [5.74, 6) is 2.41. The Bertz CT molecular complexity index is 196. The van der Waals surface area contributed by atoms with Crippen molar-refractivity contribution in [2.45, 2.75) is 44.9 Å². The lowest BCUT2D eigenvalue weighted by atomic mass is 9.73. The average molecular weight is 148 g/mol. The smallest absolute Gasteiger partial charge is 0.0209 e. The molecule has 0 amide bonds. The highest BCUT2D eigenvalue weighted by Crippen LogP contribution is 2.85. The molecule has 11 heavy (non-hydrogen) atoms. The fraction of sp³-hybridized carbons (Fsp3) is 1.00. The number of hydrogen-bond donors (Lipinski definition) is 0. The van der Waals surface area contributed by atoms with Crippen LogP contribution in [-0.4, -0.2) is 0 Å². The highest BCUT2D eigenvalue weighted by atomic mass is 14.8. The largest absolute Gasteiger partial charge is 0.0496 e. The van der Waals surface area contributed by atoms with Crippen molar-refractivity contribution in [3.63, 3.8) is 0 Å². The molecule has 2 bridgehead atoms. The van der Waals surface area contributed by atoms with Gasteiger partial charge in [0.2, 0.25) is 0 Å². The van der Waals surface area contributed by atoms with E-state index in [2.05, 4.69) is 0 Å². The van der Waals surface area contributed by atoms with E-state index < -0.39 is 0 Å². The minimum absolute atomic E-state index is 0.968. The van der Waals surface area contributed by atoms with E-state index in [4.69, 9.17) is 0 Å². The van der Waals surface area contributed by atoms with Crippen LogP contribution in [-0.2, 0) is 0 Å². The monoisotopic (exact) mass is 148 g/mol. The van der Waals surface area contributed by atoms with Crippen LogP contribution < -0.4 is 0 Å². The van der Waals surface area contributed by atoms with Gasteiger partial charge in [0.1, 0.15) is 0 Å². The summed E-state index contributed by atoms with van der Waals surface area (Å²) in [4.78, 5) is 0. The van der Waals surface area contributed by atoms with Gasteiger partial charge in [-0.2, -0.15) is 0 Å². The molecule has 0 saturated heterocycles. The van der Waals surface area contributed by atoms with Crippen LogP contribution in [0.3, 0.4) is 0 Å². The van der Waals surface area contributed by atoms with Crippen molar-refractivity contribution in [1.82, 2.24) is 0 Å². The summed E-state index contributed by atoms with van der Waals surface area (Å²) in [6, 6.07) is 0. The molecule has 4 saturated carbocycles. The second-order valence-corrected chi connectivity index (χ2v) is 5.52. The van der Waals surface area contributed by atoms with E-state index in [1.807, 2.05) is 0 Å². The maximum Gasteiger partial charge on any atom is -0.0209 e. The van der Waals surface area contributed by atoms with Crippen molar-refractivity contribution in [2.75, 3.05) is 0 Å². The Morgan fingerprint density at radius 2 is 1.18 bits per heavy atom. The molecule has 0 aliphatic heterocycles. The van der Waals surface area contributed by atoms with Crippen LogP contribution in [0, 0.1) is 22.7 Å². The van der Waals surface area contributed by atoms with Gasteiger partial charge in [-0.05, 0) is 67.6 Å². The first-order chi connectivity index (χ1) is 5.37. The molecule has 2 unspecified atom stereocenters. The molecule has 0 radical (unpaired) electrons. The van der Waals surface area contributed by atoms with E-state index in [0.29, 0.717) is 0 Å². The van der Waals surface area contributed by atoms with Crippen LogP contribution in [0.1, 0.15) is 44.9 Å². The molecule has 0 heteroatoms. The highest BCUT2D eigenvalue weighted by Gasteiger charge is 2.76. The molecular weight excluding hydrogens is 132 g/mol. The molecule has 4 rings (SSSR count). The van der Waals surface area contributed by atoms with Gasteiger partial charge in [-0.15, -0.1) is 0 Å². The zero-order valence-corrected chi connectivity index (χ0v) is 7.10. The predicted molar refractivity (Wildman–Crippen MR) is 44.2 cm³/mol. The summed E-state index contributed by atoms with van der Waals surface area (Å²) in [6.07, 6.45) is 11.3. The Kier molecular flexibility index (Phi) is 0.661. The van der Waals surface area contributed by atoms with Gasteiger partial charge in [0.25, 0.3) is 0 Å². The third-order valence-corrected chi connectivity index (χ3v) is 5.56. The lowest BCUT2D eigenvalue weighted by Crippen LogP contribution is -2.24. The summed E-state index contributed by atoms with van der Waals surface area (Å²) in [7, 11) is 0. The van der Waals surface area contributed by atoms with Crippen molar-refractivity contribution in [3.8, 4) is 0 Å². The molecule has 2 atom stereocenters. The standard InChI is InChI=1S/C11H16/c1-2-9-7-8(1)10(3-4-10)11(9)5-6-11/h8-9H,1-7H2. The van der Waals surface area contributed by atoms with Crippen molar-refractivity contribution < 1.29 is 0 Å². The Hall–Kier alpha value is 0. The second-order valence-electron chi connectivity index (χ2n) is 5.52. The molecule has 0 heterocycles. The van der Waals surface area contributed by atoms with Crippen LogP contribution in [0.4, 0.5) is 0 Å². The Balaban J connectivity index is 1.89. The normalized spacial score (nSPS) is 52.4. The predicted octanol–water partition coefficient (Wildman–Crippen LogP) is 2.98. The summed E-state index contributed by atoms with van der Waals surface area (Å²) in [5.41, 5.74) is 1.94. The molecule has 4 aliphatic rings. The van der Waals surface area contributed by atoms with Crippen LogP contribution >= 0.6 is 0 Å². The summed E-state index contributed by atoms with van der Waals surface area (Å²) in [6.45, 7) is 0. The molecule has 0 N–H and O–H groups in total. The molecule has 4 aliphatic carbocycles. The Morgan fingerprint density at radius 3 is 1.55 bits per heavy atom. The van der Waals surface area contributed by atoms with Gasteiger partial charge in [0.15, 0.2) is 0 Å². The summed E-state index contributed by atoms with van der Waals surface area (Å²) < 4.78 is 0. The van der Waals surface area contributed by atoms with E-state index in [1.165, 1.54) is 11.8 Å². The topological polar surface area (TPSA) is 0 Å². The first-order valence-corrected chi connectivity index (χ1v) is 5.37. The van der Waals surface area contributed by atoms with Crippen molar-refractivity contribution in [3.05, 3.63) is 0 Å². The summed E-state index contributed by atoms with van der Waals surface area (Å²) in [5, 5.41) is 0. The minimum atomic E-state index is 0.968. The van der Waals surface area contributed by atoms with Crippen LogP contribution in [0.5, 0.6) is 0 Å². The molecule has 0 aromatic rings. The molecular formula is C11H16. The van der Waals surface area contributed by atoms with Gasteiger partial charge in [0, 0.05) is 0 Å². The Labute approximate surface area is 68.4 Å². The number of rotatable bonds is 0. The first kappa shape index (κ1) is 5.61. The van der Waals surface area contributed by atoms with Crippen LogP contribution in [0.15, 0.2) is 0 Å². The maximum atomic E-state index is 1.64. The number of hydrogen-bond acceptors (Lipinski definition) is 0. The SMILES string of the molecule is C1CC2CC1C1(CC1)C21CC1. The quantitative estimate of drug-likeness (QED) is 0.495. The van der Waals surface area contributed by atoms with Gasteiger partial charge in [-0.1, -0.05) is 0 Å². The molecule has 2 spiro atoms. The first-order valence-electron chi connectivity index (χ1n) is 5.37. The van der Waals surface area contributed by atoms with Crippen LogP contribution in [0.2, 0.25) is 0 Å². The van der Waals surface area contributed by atoms with Gasteiger partial charge < -0.3 is 0 Å². The molecule has 0 nitrogen and oxygen atoms in total. The fourth-order valence-electron chi connectivity index (χ4n) is 4.88. The van der Waals surface area contributed by atoms with Crippen molar-refractivity contribution in [2.24, 2.45) is 22.7 Å². The lowest BCUT2D eigenvalue weighted by Gasteiger charge is -2.31. The van der Waals surface area contributed by atoms with Gasteiger partial charge in [0.05, 0.1) is 0 Å². The van der Waals surface area contributed by atoms with Crippen molar-refractivity contribution in [1.29, 1.82) is 0 Å². The van der Waals surface area contributed by atoms with E-state index in [1.54, 1.807) is 44.9 Å². The van der Waals surface area contributed by atoms with E-state index in [9.17, 15) is 0 Å². The highest BCUT2D eigenvalue weighted by molar-refractivity contribution is 5.25. The molecule has 4 fully saturated rings. The zero-order chi connectivity index (χ0) is 7.10. The van der Waals surface area contributed by atoms with Gasteiger partial charge >= 0.3 is 0 Å². The summed E-state index contributed by atoms with van der Waals surface area (Å²) >= 11 is 0. The second kappa shape index (κ2) is 1.30. The van der Waals surface area contributed by atoms with Gasteiger partial charge in [-0.25, -0.2) is 0 Å². The zero-order valence-electron chi connectivity index (χ0n) is 7.10. The third-order valence-electron chi connectivity index (χ3n) is 5.56. The van der Waals surface area contributed by atoms with Gasteiger partial charge in [-0.3, -0.25) is 0 Å². The van der Waals surface area contributed by atoms with E-state index in [0.717, 1.165) is 10.8 Å². The number of fused-ring (bicyclic) bond motifs is 5. The fourth-order valence-corrected chi connectivity index (χ4v) is 4.88. The van der Waals surface area contributed by atoms with Crippen LogP contribution in [0.25, 0.3) is 0 Å². The van der Waals surface area contributed by atoms with E-state index >= 15 is 0 Å². The van der Waals surface area contributed by atoms with E-state index in [-0.39, 0.29) is 0 Å². The lowest BCUT2D eigenvalue weighted by molar-refractivity contribution is 0.172.